The van der Waals surface area contributed by atoms with Crippen LogP contribution in [-0.4, -0.2) is 31.1 Å². The molecule has 2 heteroatoms. The van der Waals surface area contributed by atoms with E-state index in [1.807, 2.05) is 0 Å². The van der Waals surface area contributed by atoms with Crippen molar-refractivity contribution >= 4 is 0 Å². The molecular formula is C11H20N2. The summed E-state index contributed by atoms with van der Waals surface area (Å²) in [6.07, 6.45) is 9.88. The molecule has 13 heavy (non-hydrogen) atoms. The summed E-state index contributed by atoms with van der Waals surface area (Å²) in [7, 11) is 0. The maximum absolute atomic E-state index is 5.84. The Kier molecular flexibility index (Phi) is 2.70. The number of nitrogens with two attached hydrogens (primary N) is 1. The molecule has 0 amide bonds. The molecule has 1 aliphatic carbocycles. The maximum atomic E-state index is 5.84. The van der Waals surface area contributed by atoms with Gasteiger partial charge in [0.05, 0.1) is 0 Å². The van der Waals surface area contributed by atoms with Crippen LogP contribution in [-0.2, 0) is 0 Å². The van der Waals surface area contributed by atoms with E-state index in [2.05, 4.69) is 17.1 Å². The summed E-state index contributed by atoms with van der Waals surface area (Å²) in [5, 5.41) is 0. The Labute approximate surface area is 80.8 Å². The zero-order valence-electron chi connectivity index (χ0n) is 8.34. The molecule has 0 radical (unpaired) electrons. The van der Waals surface area contributed by atoms with Crippen LogP contribution in [0.2, 0.25) is 0 Å². The molecule has 0 bridgehead atoms. The van der Waals surface area contributed by atoms with Gasteiger partial charge >= 0.3 is 0 Å². The van der Waals surface area contributed by atoms with E-state index < -0.39 is 0 Å². The van der Waals surface area contributed by atoms with Gasteiger partial charge in [-0.3, -0.25) is 4.90 Å². The van der Waals surface area contributed by atoms with E-state index in [4.69, 9.17) is 5.73 Å². The van der Waals surface area contributed by atoms with E-state index in [9.17, 15) is 0 Å². The zero-order chi connectivity index (χ0) is 9.15. The second-order valence-electron chi connectivity index (χ2n) is 4.55. The van der Waals surface area contributed by atoms with Crippen LogP contribution in [0, 0.1) is 5.41 Å². The van der Waals surface area contributed by atoms with Crippen molar-refractivity contribution in [1.82, 2.24) is 4.90 Å². The van der Waals surface area contributed by atoms with Gasteiger partial charge < -0.3 is 5.73 Å². The zero-order valence-corrected chi connectivity index (χ0v) is 8.34. The third-order valence-corrected chi connectivity index (χ3v) is 3.55. The van der Waals surface area contributed by atoms with Gasteiger partial charge in [0.1, 0.15) is 0 Å². The van der Waals surface area contributed by atoms with Gasteiger partial charge in [0.15, 0.2) is 0 Å². The molecule has 0 unspecified atom stereocenters. The minimum Gasteiger partial charge on any atom is -0.330 e. The summed E-state index contributed by atoms with van der Waals surface area (Å²) in [6, 6.07) is 0. The van der Waals surface area contributed by atoms with Crippen LogP contribution >= 0.6 is 0 Å². The first-order valence-electron chi connectivity index (χ1n) is 5.42. The van der Waals surface area contributed by atoms with E-state index in [-0.39, 0.29) is 0 Å². The minimum atomic E-state index is 0.491. The molecule has 74 valence electrons. The first-order chi connectivity index (χ1) is 6.35. The average molecular weight is 180 g/mol. The minimum absolute atomic E-state index is 0.491. The summed E-state index contributed by atoms with van der Waals surface area (Å²) in [6.45, 7) is 4.49. The van der Waals surface area contributed by atoms with Crippen LogP contribution in [0.3, 0.4) is 0 Å². The van der Waals surface area contributed by atoms with Crippen LogP contribution < -0.4 is 5.73 Å². The molecule has 0 spiro atoms. The van der Waals surface area contributed by atoms with Crippen LogP contribution in [0.5, 0.6) is 0 Å². The van der Waals surface area contributed by atoms with Gasteiger partial charge in [-0.1, -0.05) is 18.6 Å². The Morgan fingerprint density at radius 2 is 2.15 bits per heavy atom. The molecule has 0 aromatic heterocycles. The molecule has 1 fully saturated rings. The third kappa shape index (κ3) is 1.94. The number of rotatable bonds is 3. The first kappa shape index (κ1) is 9.22. The van der Waals surface area contributed by atoms with Crippen LogP contribution in [0.25, 0.3) is 0 Å². The SMILES string of the molecule is NCC1(CN2CC=CCC2)CCC1. The third-order valence-electron chi connectivity index (χ3n) is 3.55. The lowest BCUT2D eigenvalue weighted by atomic mass is 9.68. The van der Waals surface area contributed by atoms with Crippen LogP contribution in [0.15, 0.2) is 12.2 Å². The van der Waals surface area contributed by atoms with Gasteiger partial charge in [-0.2, -0.15) is 0 Å². The molecule has 0 aromatic rings. The van der Waals surface area contributed by atoms with E-state index in [0.29, 0.717) is 5.41 Å². The Balaban J connectivity index is 1.85. The highest BCUT2D eigenvalue weighted by atomic mass is 15.1. The fourth-order valence-corrected chi connectivity index (χ4v) is 2.41. The summed E-state index contributed by atoms with van der Waals surface area (Å²) >= 11 is 0. The largest absolute Gasteiger partial charge is 0.330 e. The smallest absolute Gasteiger partial charge is 0.0163 e. The second-order valence-corrected chi connectivity index (χ2v) is 4.55. The molecule has 2 nitrogen and oxygen atoms in total. The van der Waals surface area contributed by atoms with Gasteiger partial charge in [-0.15, -0.1) is 0 Å². The highest BCUT2D eigenvalue weighted by Gasteiger charge is 2.36. The van der Waals surface area contributed by atoms with Crippen molar-refractivity contribution in [3.05, 3.63) is 12.2 Å². The summed E-state index contributed by atoms with van der Waals surface area (Å²) in [5.41, 5.74) is 6.33. The van der Waals surface area contributed by atoms with Crippen molar-refractivity contribution in [2.24, 2.45) is 11.1 Å². The van der Waals surface area contributed by atoms with Crippen LogP contribution in [0.4, 0.5) is 0 Å². The molecule has 1 aliphatic heterocycles. The molecular weight excluding hydrogens is 160 g/mol. The molecule has 0 aromatic carbocycles. The van der Waals surface area contributed by atoms with Gasteiger partial charge in [0.2, 0.25) is 0 Å². The molecule has 1 heterocycles. The Bertz CT molecular complexity index is 189. The van der Waals surface area contributed by atoms with E-state index in [0.717, 1.165) is 13.1 Å². The van der Waals surface area contributed by atoms with Crippen molar-refractivity contribution in [2.75, 3.05) is 26.2 Å². The van der Waals surface area contributed by atoms with Crippen molar-refractivity contribution in [3.8, 4) is 0 Å². The predicted molar refractivity (Wildman–Crippen MR) is 55.5 cm³/mol. The second kappa shape index (κ2) is 3.81. The predicted octanol–water partition coefficient (Wildman–Crippen LogP) is 1.38. The van der Waals surface area contributed by atoms with Crippen molar-refractivity contribution in [3.63, 3.8) is 0 Å². The summed E-state index contributed by atoms with van der Waals surface area (Å²) < 4.78 is 0. The summed E-state index contributed by atoms with van der Waals surface area (Å²) in [4.78, 5) is 2.55. The normalized spacial score (nSPS) is 27.2. The molecule has 0 saturated heterocycles. The van der Waals surface area contributed by atoms with Crippen LogP contribution in [0.1, 0.15) is 25.7 Å². The fourth-order valence-electron chi connectivity index (χ4n) is 2.41. The summed E-state index contributed by atoms with van der Waals surface area (Å²) in [5.74, 6) is 0. The monoisotopic (exact) mass is 180 g/mol. The van der Waals surface area contributed by atoms with Gasteiger partial charge in [0, 0.05) is 19.6 Å². The number of nitrogens with zero attached hydrogens (tertiary/aromatic N) is 1. The van der Waals surface area contributed by atoms with Crippen molar-refractivity contribution in [1.29, 1.82) is 0 Å². The lowest BCUT2D eigenvalue weighted by Gasteiger charge is -2.44. The van der Waals surface area contributed by atoms with Gasteiger partial charge in [-0.05, 0) is 31.2 Å². The van der Waals surface area contributed by atoms with Gasteiger partial charge in [0.25, 0.3) is 0 Å². The Morgan fingerprint density at radius 1 is 1.31 bits per heavy atom. The number of hydrogen-bond donors (Lipinski definition) is 1. The van der Waals surface area contributed by atoms with E-state index in [1.165, 1.54) is 38.8 Å². The molecule has 1 saturated carbocycles. The van der Waals surface area contributed by atoms with Crippen molar-refractivity contribution in [2.45, 2.75) is 25.7 Å². The molecule has 0 atom stereocenters. The molecule has 2 N–H and O–H groups in total. The topological polar surface area (TPSA) is 29.3 Å². The Morgan fingerprint density at radius 3 is 2.62 bits per heavy atom. The standard InChI is InChI=1S/C11H20N2/c12-9-11(5-4-6-11)10-13-7-2-1-3-8-13/h1-2H,3-10,12H2. The van der Waals surface area contributed by atoms with Crippen molar-refractivity contribution < 1.29 is 0 Å². The highest BCUT2D eigenvalue weighted by Crippen LogP contribution is 2.40. The first-order valence-corrected chi connectivity index (χ1v) is 5.42. The Hall–Kier alpha value is -0.340. The lowest BCUT2D eigenvalue weighted by molar-refractivity contribution is 0.0796. The molecule has 2 rings (SSSR count). The quantitative estimate of drug-likeness (QED) is 0.665. The highest BCUT2D eigenvalue weighted by molar-refractivity contribution is 4.96. The number of hydrogen-bond acceptors (Lipinski definition) is 2. The van der Waals surface area contributed by atoms with E-state index in [1.54, 1.807) is 0 Å². The fraction of sp³-hybridized carbons (Fsp3) is 0.818. The average Bonchev–Trinajstić information content (AvgIpc) is 2.13. The van der Waals surface area contributed by atoms with Gasteiger partial charge in [-0.25, -0.2) is 0 Å². The van der Waals surface area contributed by atoms with E-state index >= 15 is 0 Å². The lowest BCUT2D eigenvalue weighted by Crippen LogP contribution is -2.47. The molecule has 2 aliphatic rings. The maximum Gasteiger partial charge on any atom is 0.0163 e.